The molecule has 1 fully saturated rings. The molecule has 146 valence electrons. The zero-order chi connectivity index (χ0) is 18.8. The monoisotopic (exact) mass is 366 g/mol. The van der Waals surface area contributed by atoms with Crippen molar-refractivity contribution in [1.29, 1.82) is 0 Å². The molecule has 2 unspecified atom stereocenters. The first-order valence-corrected chi connectivity index (χ1v) is 9.15. The quantitative estimate of drug-likeness (QED) is 0.771. The van der Waals surface area contributed by atoms with Gasteiger partial charge in [-0.25, -0.2) is 0 Å². The average Bonchev–Trinajstić information content (AvgIpc) is 3.16. The van der Waals surface area contributed by atoms with E-state index in [2.05, 4.69) is 19.9 Å². The molecule has 0 amide bonds. The second-order valence-electron chi connectivity index (χ2n) is 6.77. The summed E-state index contributed by atoms with van der Waals surface area (Å²) in [6, 6.07) is 2.23. The van der Waals surface area contributed by atoms with Gasteiger partial charge in [0.15, 0.2) is 6.29 Å². The maximum atomic E-state index is 6.32. The Balaban J connectivity index is 2.08. The molecule has 0 radical (unpaired) electrons. The molecule has 0 N–H and O–H groups in total. The molecule has 6 heteroatoms. The second-order valence-corrected chi connectivity index (χ2v) is 6.77. The third-order valence-electron chi connectivity index (χ3n) is 5.60. The van der Waals surface area contributed by atoms with Crippen molar-refractivity contribution in [2.75, 3.05) is 35.0 Å². The first-order valence-electron chi connectivity index (χ1n) is 9.15. The van der Waals surface area contributed by atoms with Crippen molar-refractivity contribution in [3.8, 4) is 5.75 Å². The molecule has 2 aliphatic heterocycles. The highest BCUT2D eigenvalue weighted by molar-refractivity contribution is 5.53. The summed E-state index contributed by atoms with van der Waals surface area (Å²) in [6.45, 7) is 4.97. The van der Waals surface area contributed by atoms with E-state index in [4.69, 9.17) is 28.4 Å². The van der Waals surface area contributed by atoms with Crippen molar-refractivity contribution in [3.63, 3.8) is 0 Å². The predicted molar refractivity (Wildman–Crippen MR) is 96.8 cm³/mol. The summed E-state index contributed by atoms with van der Waals surface area (Å²) in [7, 11) is 6.59. The highest BCUT2D eigenvalue weighted by Gasteiger charge is 2.48. The minimum Gasteiger partial charge on any atom is -0.493 e. The summed E-state index contributed by atoms with van der Waals surface area (Å²) in [5.41, 5.74) is 4.78. The number of methoxy groups -OCH3 is 4. The zero-order valence-electron chi connectivity index (χ0n) is 16.5. The SMILES string of the molecule is CCc1cc(C2OC(OC)[C@@H](OC)[C@H](OC)[C@H]2OC)c2c(c1C)OCC2. The van der Waals surface area contributed by atoms with Gasteiger partial charge in [0.1, 0.15) is 30.2 Å². The average molecular weight is 366 g/mol. The first-order chi connectivity index (χ1) is 12.6. The zero-order valence-corrected chi connectivity index (χ0v) is 16.5. The van der Waals surface area contributed by atoms with Gasteiger partial charge >= 0.3 is 0 Å². The Morgan fingerprint density at radius 3 is 2.27 bits per heavy atom. The molecule has 26 heavy (non-hydrogen) atoms. The van der Waals surface area contributed by atoms with Gasteiger partial charge < -0.3 is 28.4 Å². The molecule has 0 spiro atoms. The standard InChI is InChI=1S/C20H30O6/c1-7-12-10-14(13-8-9-25-15(13)11(12)2)16-17(21-3)18(22-4)19(23-5)20(24-6)26-16/h10,16-20H,7-9H2,1-6H3/t16?,17-,18+,19-,20?/m0/s1. The molecule has 5 atom stereocenters. The Morgan fingerprint density at radius 1 is 1.00 bits per heavy atom. The van der Waals surface area contributed by atoms with Crippen LogP contribution in [0.1, 0.15) is 35.3 Å². The molecule has 0 aliphatic carbocycles. The van der Waals surface area contributed by atoms with E-state index in [1.54, 1.807) is 28.4 Å². The second kappa shape index (κ2) is 8.23. The Hall–Kier alpha value is -1.18. The molecule has 2 heterocycles. The van der Waals surface area contributed by atoms with Crippen LogP contribution in [0.5, 0.6) is 5.75 Å². The predicted octanol–water partition coefficient (Wildman–Crippen LogP) is 2.58. The highest BCUT2D eigenvalue weighted by Crippen LogP contribution is 2.43. The number of benzene rings is 1. The van der Waals surface area contributed by atoms with Crippen LogP contribution in [0.15, 0.2) is 6.07 Å². The molecule has 6 nitrogen and oxygen atoms in total. The Labute approximate surface area is 155 Å². The van der Waals surface area contributed by atoms with Crippen molar-refractivity contribution < 1.29 is 28.4 Å². The van der Waals surface area contributed by atoms with Crippen LogP contribution >= 0.6 is 0 Å². The summed E-state index contributed by atoms with van der Waals surface area (Å²) in [4.78, 5) is 0. The van der Waals surface area contributed by atoms with Gasteiger partial charge in [0.2, 0.25) is 0 Å². The molecule has 1 saturated heterocycles. The van der Waals surface area contributed by atoms with E-state index in [0.717, 1.165) is 24.2 Å². The number of hydrogen-bond acceptors (Lipinski definition) is 6. The van der Waals surface area contributed by atoms with Gasteiger partial charge in [-0.2, -0.15) is 0 Å². The summed E-state index contributed by atoms with van der Waals surface area (Å²) >= 11 is 0. The normalized spacial score (nSPS) is 30.9. The van der Waals surface area contributed by atoms with Gasteiger partial charge in [0.05, 0.1) is 6.61 Å². The van der Waals surface area contributed by atoms with Crippen molar-refractivity contribution in [2.24, 2.45) is 0 Å². The lowest BCUT2D eigenvalue weighted by Crippen LogP contribution is -2.57. The largest absolute Gasteiger partial charge is 0.493 e. The van der Waals surface area contributed by atoms with E-state index in [0.29, 0.717) is 6.61 Å². The molecule has 2 aliphatic rings. The fourth-order valence-electron chi connectivity index (χ4n) is 4.24. The van der Waals surface area contributed by atoms with Gasteiger partial charge in [-0.1, -0.05) is 13.0 Å². The number of fused-ring (bicyclic) bond motifs is 1. The number of rotatable bonds is 6. The lowest BCUT2D eigenvalue weighted by atomic mass is 9.87. The number of aryl methyl sites for hydroxylation is 1. The fourth-order valence-corrected chi connectivity index (χ4v) is 4.24. The highest BCUT2D eigenvalue weighted by atomic mass is 16.7. The van der Waals surface area contributed by atoms with Crippen molar-refractivity contribution in [1.82, 2.24) is 0 Å². The third kappa shape index (κ3) is 3.14. The molecule has 1 aromatic rings. The van der Waals surface area contributed by atoms with Gasteiger partial charge in [0, 0.05) is 40.4 Å². The molecule has 0 saturated carbocycles. The van der Waals surface area contributed by atoms with Crippen LogP contribution in [-0.4, -0.2) is 59.6 Å². The van der Waals surface area contributed by atoms with Crippen LogP contribution in [0.3, 0.4) is 0 Å². The van der Waals surface area contributed by atoms with Gasteiger partial charge in [0.25, 0.3) is 0 Å². The van der Waals surface area contributed by atoms with E-state index >= 15 is 0 Å². The summed E-state index contributed by atoms with van der Waals surface area (Å²) in [6.07, 6.45) is -0.0389. The Bertz CT molecular complexity index is 631. The summed E-state index contributed by atoms with van der Waals surface area (Å²) in [5.74, 6) is 0.995. The van der Waals surface area contributed by atoms with Crippen LogP contribution in [0.25, 0.3) is 0 Å². The molecule has 3 rings (SSSR count). The maximum absolute atomic E-state index is 6.32. The van der Waals surface area contributed by atoms with Crippen LogP contribution in [0, 0.1) is 6.92 Å². The fraction of sp³-hybridized carbons (Fsp3) is 0.700. The van der Waals surface area contributed by atoms with Gasteiger partial charge in [-0.3, -0.25) is 0 Å². The van der Waals surface area contributed by atoms with Crippen LogP contribution < -0.4 is 4.74 Å². The van der Waals surface area contributed by atoms with Crippen molar-refractivity contribution in [2.45, 2.75) is 57.4 Å². The van der Waals surface area contributed by atoms with Crippen molar-refractivity contribution in [3.05, 3.63) is 28.3 Å². The molecule has 0 aromatic heterocycles. The molecular weight excluding hydrogens is 336 g/mol. The van der Waals surface area contributed by atoms with Gasteiger partial charge in [-0.05, 0) is 30.0 Å². The smallest absolute Gasteiger partial charge is 0.186 e. The molecule has 0 bridgehead atoms. The van der Waals surface area contributed by atoms with E-state index in [1.165, 1.54) is 16.7 Å². The van der Waals surface area contributed by atoms with E-state index in [9.17, 15) is 0 Å². The molecular formula is C20H30O6. The minimum absolute atomic E-state index is 0.307. The summed E-state index contributed by atoms with van der Waals surface area (Å²) < 4.78 is 35.0. The first kappa shape index (κ1) is 19.6. The number of ether oxygens (including phenoxy) is 6. The minimum atomic E-state index is -0.536. The lowest BCUT2D eigenvalue weighted by molar-refractivity contribution is -0.305. The van der Waals surface area contributed by atoms with Crippen LogP contribution in [0.4, 0.5) is 0 Å². The lowest BCUT2D eigenvalue weighted by Gasteiger charge is -2.44. The van der Waals surface area contributed by atoms with E-state index < -0.39 is 6.29 Å². The Morgan fingerprint density at radius 2 is 1.69 bits per heavy atom. The van der Waals surface area contributed by atoms with Crippen LogP contribution in [-0.2, 0) is 36.5 Å². The number of hydrogen-bond donors (Lipinski definition) is 0. The van der Waals surface area contributed by atoms with Crippen LogP contribution in [0.2, 0.25) is 0 Å². The third-order valence-corrected chi connectivity index (χ3v) is 5.60. The Kier molecular flexibility index (Phi) is 6.20. The molecule has 1 aromatic carbocycles. The maximum Gasteiger partial charge on any atom is 0.186 e. The topological polar surface area (TPSA) is 55.4 Å². The summed E-state index contributed by atoms with van der Waals surface area (Å²) in [5, 5.41) is 0. The van der Waals surface area contributed by atoms with E-state index in [-0.39, 0.29) is 24.4 Å². The van der Waals surface area contributed by atoms with Crippen molar-refractivity contribution >= 4 is 0 Å². The van der Waals surface area contributed by atoms with Gasteiger partial charge in [-0.15, -0.1) is 0 Å². The van der Waals surface area contributed by atoms with E-state index in [1.807, 2.05) is 0 Å².